The van der Waals surface area contributed by atoms with Crippen LogP contribution in [0.2, 0.25) is 0 Å². The van der Waals surface area contributed by atoms with E-state index in [0.29, 0.717) is 0 Å². The summed E-state index contributed by atoms with van der Waals surface area (Å²) in [5.74, 6) is -0.184. The fourth-order valence-electron chi connectivity index (χ4n) is 1.94. The van der Waals surface area contributed by atoms with Crippen LogP contribution in [0, 0.1) is 0 Å². The molecule has 1 aliphatic rings. The minimum absolute atomic E-state index is 0. The molecule has 3 nitrogen and oxygen atoms in total. The van der Waals surface area contributed by atoms with Crippen molar-refractivity contribution in [3.8, 4) is 0 Å². The second-order valence-corrected chi connectivity index (χ2v) is 4.07. The number of hydrogen-bond acceptors (Lipinski definition) is 3. The summed E-state index contributed by atoms with van der Waals surface area (Å²) >= 11 is 0. The van der Waals surface area contributed by atoms with Gasteiger partial charge in [-0.2, -0.15) is 0 Å². The van der Waals surface area contributed by atoms with E-state index in [4.69, 9.17) is 4.74 Å². The van der Waals surface area contributed by atoms with Gasteiger partial charge in [-0.3, -0.25) is 4.79 Å². The van der Waals surface area contributed by atoms with E-state index in [1.54, 1.807) is 0 Å². The number of halogens is 1. The first kappa shape index (κ1) is 14.5. The van der Waals surface area contributed by atoms with E-state index < -0.39 is 0 Å². The SMILES string of the molecule is C=CCC1(OC(C)=O)CCN(C)CC1.Cl. The molecule has 15 heavy (non-hydrogen) atoms. The molecule has 0 aromatic carbocycles. The van der Waals surface area contributed by atoms with Crippen molar-refractivity contribution in [1.82, 2.24) is 4.90 Å². The minimum Gasteiger partial charge on any atom is -0.459 e. The van der Waals surface area contributed by atoms with E-state index in [2.05, 4.69) is 18.5 Å². The minimum atomic E-state index is -0.278. The highest BCUT2D eigenvalue weighted by Gasteiger charge is 2.35. The molecule has 0 radical (unpaired) electrons. The van der Waals surface area contributed by atoms with Crippen LogP contribution in [-0.4, -0.2) is 36.6 Å². The van der Waals surface area contributed by atoms with E-state index in [-0.39, 0.29) is 24.0 Å². The lowest BCUT2D eigenvalue weighted by Crippen LogP contribution is -2.45. The summed E-state index contributed by atoms with van der Waals surface area (Å²) in [6.07, 6.45) is 4.43. The molecule has 0 unspecified atom stereocenters. The highest BCUT2D eigenvalue weighted by atomic mass is 35.5. The number of rotatable bonds is 3. The maximum absolute atomic E-state index is 11.0. The monoisotopic (exact) mass is 233 g/mol. The van der Waals surface area contributed by atoms with Crippen LogP contribution < -0.4 is 0 Å². The molecule has 1 fully saturated rings. The Bertz CT molecular complexity index is 223. The first-order valence-electron chi connectivity index (χ1n) is 5.07. The molecule has 0 N–H and O–H groups in total. The molecule has 0 amide bonds. The van der Waals surface area contributed by atoms with E-state index in [1.165, 1.54) is 6.92 Å². The zero-order valence-electron chi connectivity index (χ0n) is 9.49. The zero-order chi connectivity index (χ0) is 10.6. The topological polar surface area (TPSA) is 29.5 Å². The molecule has 1 aliphatic heterocycles. The van der Waals surface area contributed by atoms with Gasteiger partial charge < -0.3 is 9.64 Å². The molecule has 0 bridgehead atoms. The average molecular weight is 234 g/mol. The number of likely N-dealkylation sites (tertiary alicyclic amines) is 1. The third kappa shape index (κ3) is 4.22. The van der Waals surface area contributed by atoms with Crippen molar-refractivity contribution >= 4 is 18.4 Å². The molecule has 0 aliphatic carbocycles. The summed E-state index contributed by atoms with van der Waals surface area (Å²) in [5, 5.41) is 0. The number of ether oxygens (including phenoxy) is 1. The quantitative estimate of drug-likeness (QED) is 0.552. The van der Waals surface area contributed by atoms with Crippen molar-refractivity contribution in [2.24, 2.45) is 0 Å². The van der Waals surface area contributed by atoms with Crippen LogP contribution in [0.1, 0.15) is 26.2 Å². The fourth-order valence-corrected chi connectivity index (χ4v) is 1.94. The molecule has 0 aromatic rings. The molecule has 1 saturated heterocycles. The van der Waals surface area contributed by atoms with Crippen LogP contribution in [0.25, 0.3) is 0 Å². The maximum atomic E-state index is 11.0. The van der Waals surface area contributed by atoms with Gasteiger partial charge in [0.05, 0.1) is 0 Å². The number of nitrogens with zero attached hydrogens (tertiary/aromatic N) is 1. The average Bonchev–Trinajstić information content (AvgIpc) is 2.10. The van der Waals surface area contributed by atoms with Gasteiger partial charge in [0.25, 0.3) is 0 Å². The van der Waals surface area contributed by atoms with Crippen molar-refractivity contribution in [3.63, 3.8) is 0 Å². The largest absolute Gasteiger partial charge is 0.459 e. The summed E-state index contributed by atoms with van der Waals surface area (Å²) in [6.45, 7) is 7.17. The Morgan fingerprint density at radius 2 is 2.07 bits per heavy atom. The fraction of sp³-hybridized carbons (Fsp3) is 0.727. The van der Waals surface area contributed by atoms with Crippen molar-refractivity contribution < 1.29 is 9.53 Å². The molecule has 1 rings (SSSR count). The van der Waals surface area contributed by atoms with E-state index in [9.17, 15) is 4.79 Å². The van der Waals surface area contributed by atoms with Gasteiger partial charge in [0.15, 0.2) is 0 Å². The van der Waals surface area contributed by atoms with E-state index in [1.807, 2.05) is 6.08 Å². The first-order valence-corrected chi connectivity index (χ1v) is 5.07. The Hall–Kier alpha value is -0.540. The predicted octanol–water partition coefficient (Wildman–Crippen LogP) is 2.01. The van der Waals surface area contributed by atoms with Gasteiger partial charge in [0.1, 0.15) is 5.60 Å². The number of carbonyl (C=O) groups is 1. The van der Waals surface area contributed by atoms with Crippen molar-refractivity contribution in [3.05, 3.63) is 12.7 Å². The van der Waals surface area contributed by atoms with Gasteiger partial charge in [-0.1, -0.05) is 6.08 Å². The third-order valence-corrected chi connectivity index (χ3v) is 2.77. The summed E-state index contributed by atoms with van der Waals surface area (Å²) in [5.41, 5.74) is -0.278. The summed E-state index contributed by atoms with van der Waals surface area (Å²) in [4.78, 5) is 13.3. The molecular weight excluding hydrogens is 214 g/mol. The van der Waals surface area contributed by atoms with Gasteiger partial charge in [-0.05, 0) is 7.05 Å². The molecule has 4 heteroatoms. The predicted molar refractivity (Wildman–Crippen MR) is 63.3 cm³/mol. The molecule has 0 spiro atoms. The Morgan fingerprint density at radius 3 is 2.47 bits per heavy atom. The van der Waals surface area contributed by atoms with E-state index in [0.717, 1.165) is 32.4 Å². The Balaban J connectivity index is 0.00000196. The molecule has 1 heterocycles. The molecule has 0 saturated carbocycles. The Kier molecular flexibility index (Phi) is 5.91. The summed E-state index contributed by atoms with van der Waals surface area (Å²) < 4.78 is 5.43. The van der Waals surface area contributed by atoms with E-state index >= 15 is 0 Å². The van der Waals surface area contributed by atoms with Crippen LogP contribution in [0.4, 0.5) is 0 Å². The second kappa shape index (κ2) is 6.13. The lowest BCUT2D eigenvalue weighted by atomic mass is 9.88. The standard InChI is InChI=1S/C11H19NO2.ClH/c1-4-5-11(14-10(2)13)6-8-12(3)9-7-11;/h4H,1,5-9H2,2-3H3;1H. The number of esters is 1. The van der Waals surface area contributed by atoms with Gasteiger partial charge in [0, 0.05) is 39.3 Å². The lowest BCUT2D eigenvalue weighted by Gasteiger charge is -2.39. The number of piperidine rings is 1. The molecule has 0 aromatic heterocycles. The second-order valence-electron chi connectivity index (χ2n) is 4.07. The van der Waals surface area contributed by atoms with Crippen LogP contribution in [-0.2, 0) is 9.53 Å². The smallest absolute Gasteiger partial charge is 0.303 e. The maximum Gasteiger partial charge on any atom is 0.303 e. The molecule has 88 valence electrons. The van der Waals surface area contributed by atoms with Gasteiger partial charge >= 0.3 is 5.97 Å². The lowest BCUT2D eigenvalue weighted by molar-refractivity contribution is -0.161. The third-order valence-electron chi connectivity index (χ3n) is 2.77. The highest BCUT2D eigenvalue weighted by Crippen LogP contribution is 2.29. The van der Waals surface area contributed by atoms with Gasteiger partial charge in [-0.15, -0.1) is 19.0 Å². The van der Waals surface area contributed by atoms with Crippen LogP contribution in [0.15, 0.2) is 12.7 Å². The van der Waals surface area contributed by atoms with Gasteiger partial charge in [0.2, 0.25) is 0 Å². The Morgan fingerprint density at radius 1 is 1.53 bits per heavy atom. The first-order chi connectivity index (χ1) is 6.58. The van der Waals surface area contributed by atoms with Crippen molar-refractivity contribution in [2.75, 3.05) is 20.1 Å². The zero-order valence-corrected chi connectivity index (χ0v) is 10.3. The Labute approximate surface area is 97.9 Å². The normalized spacial score (nSPS) is 20.1. The number of hydrogen-bond donors (Lipinski definition) is 0. The molecular formula is C11H20ClNO2. The number of carbonyl (C=O) groups excluding carboxylic acids is 1. The van der Waals surface area contributed by atoms with Crippen LogP contribution in [0.5, 0.6) is 0 Å². The van der Waals surface area contributed by atoms with Gasteiger partial charge in [-0.25, -0.2) is 0 Å². The van der Waals surface area contributed by atoms with Crippen LogP contribution >= 0.6 is 12.4 Å². The van der Waals surface area contributed by atoms with Crippen molar-refractivity contribution in [1.29, 1.82) is 0 Å². The highest BCUT2D eigenvalue weighted by molar-refractivity contribution is 5.85. The molecule has 0 atom stereocenters. The summed E-state index contributed by atoms with van der Waals surface area (Å²) in [6, 6.07) is 0. The van der Waals surface area contributed by atoms with Crippen molar-refractivity contribution in [2.45, 2.75) is 31.8 Å². The summed E-state index contributed by atoms with van der Waals surface area (Å²) in [7, 11) is 2.09. The van der Waals surface area contributed by atoms with Crippen LogP contribution in [0.3, 0.4) is 0 Å².